The lowest BCUT2D eigenvalue weighted by atomic mass is 10.0. The lowest BCUT2D eigenvalue weighted by Crippen LogP contribution is -2.32. The summed E-state index contributed by atoms with van der Waals surface area (Å²) >= 11 is 0. The van der Waals surface area contributed by atoms with E-state index in [1.807, 2.05) is 18.2 Å². The fourth-order valence-electron chi connectivity index (χ4n) is 2.03. The lowest BCUT2D eigenvalue weighted by molar-refractivity contribution is -0.120. The number of rotatable bonds is 4. The molecular formula is C14H16N4O3. The predicted octanol–water partition coefficient (Wildman–Crippen LogP) is -0.574. The molecule has 110 valence electrons. The maximum absolute atomic E-state index is 11.8. The van der Waals surface area contributed by atoms with Crippen molar-refractivity contribution in [3.63, 3.8) is 0 Å². The highest BCUT2D eigenvalue weighted by molar-refractivity contribution is 5.78. The number of carbonyl (C=O) groups excluding carboxylic acids is 1. The third kappa shape index (κ3) is 3.46. The summed E-state index contributed by atoms with van der Waals surface area (Å²) in [6, 6.07) is 7.26. The number of amides is 1. The Hall–Kier alpha value is -2.67. The number of benzene rings is 1. The van der Waals surface area contributed by atoms with Crippen molar-refractivity contribution in [2.24, 2.45) is 5.84 Å². The summed E-state index contributed by atoms with van der Waals surface area (Å²) < 4.78 is 1.40. The van der Waals surface area contributed by atoms with Crippen molar-refractivity contribution >= 4 is 5.91 Å². The molecule has 1 amide bonds. The van der Waals surface area contributed by atoms with Crippen molar-refractivity contribution in [2.45, 2.75) is 19.9 Å². The summed E-state index contributed by atoms with van der Waals surface area (Å²) in [5.74, 6) is 4.78. The minimum atomic E-state index is -0.483. The van der Waals surface area contributed by atoms with Gasteiger partial charge in [-0.15, -0.1) is 0 Å². The van der Waals surface area contributed by atoms with E-state index in [1.165, 1.54) is 10.8 Å². The van der Waals surface area contributed by atoms with Gasteiger partial charge in [-0.05, 0) is 18.1 Å². The smallest absolute Gasteiger partial charge is 0.296 e. The van der Waals surface area contributed by atoms with Crippen LogP contribution in [0.5, 0.6) is 0 Å². The maximum Gasteiger partial charge on any atom is 0.328 e. The highest BCUT2D eigenvalue weighted by atomic mass is 16.2. The van der Waals surface area contributed by atoms with Gasteiger partial charge in [-0.1, -0.05) is 24.3 Å². The van der Waals surface area contributed by atoms with Gasteiger partial charge in [0.05, 0.1) is 13.0 Å². The number of nitrogens with zero attached hydrogens (tertiary/aromatic N) is 1. The highest BCUT2D eigenvalue weighted by Gasteiger charge is 2.08. The van der Waals surface area contributed by atoms with Crippen LogP contribution in [0.4, 0.5) is 0 Å². The molecule has 7 nitrogen and oxygen atoms in total. The first-order valence-electron chi connectivity index (χ1n) is 6.38. The Bertz CT molecular complexity index is 776. The number of nitrogens with two attached hydrogens (primary N) is 1. The zero-order chi connectivity index (χ0) is 15.4. The van der Waals surface area contributed by atoms with Crippen LogP contribution in [0.25, 0.3) is 0 Å². The van der Waals surface area contributed by atoms with E-state index in [0.717, 1.165) is 11.1 Å². The van der Waals surface area contributed by atoms with Gasteiger partial charge in [-0.3, -0.25) is 24.6 Å². The van der Waals surface area contributed by atoms with Gasteiger partial charge in [0, 0.05) is 11.8 Å². The van der Waals surface area contributed by atoms with E-state index in [2.05, 4.69) is 10.4 Å². The monoisotopic (exact) mass is 288 g/mol. The summed E-state index contributed by atoms with van der Waals surface area (Å²) in [5.41, 5.74) is 3.24. The van der Waals surface area contributed by atoms with Crippen LogP contribution < -0.4 is 22.5 Å². The standard InChI is InChI=1S/C14H16N4O3/c1-9-7-18(14(21)16-13(9)20)8-11-5-3-2-4-10(11)6-12(19)17-15/h2-5,7H,6,8,15H2,1H3,(H,17,19)(H,16,20,21). The van der Waals surface area contributed by atoms with Gasteiger partial charge in [-0.25, -0.2) is 10.6 Å². The number of nitrogens with one attached hydrogen (secondary N) is 2. The van der Waals surface area contributed by atoms with E-state index in [9.17, 15) is 14.4 Å². The fraction of sp³-hybridized carbons (Fsp3) is 0.214. The second kappa shape index (κ2) is 6.19. The largest absolute Gasteiger partial charge is 0.328 e. The van der Waals surface area contributed by atoms with Crippen LogP contribution >= 0.6 is 0 Å². The summed E-state index contributed by atoms with van der Waals surface area (Å²) in [6.45, 7) is 1.90. The molecule has 1 aromatic carbocycles. The minimum absolute atomic E-state index is 0.129. The Labute approximate surface area is 120 Å². The molecule has 0 saturated carbocycles. The first-order valence-corrected chi connectivity index (χ1v) is 6.38. The molecule has 2 rings (SSSR count). The van der Waals surface area contributed by atoms with Gasteiger partial charge in [0.25, 0.3) is 5.56 Å². The van der Waals surface area contributed by atoms with Gasteiger partial charge in [0.15, 0.2) is 0 Å². The molecule has 21 heavy (non-hydrogen) atoms. The molecule has 2 aromatic rings. The van der Waals surface area contributed by atoms with Crippen molar-refractivity contribution < 1.29 is 4.79 Å². The molecule has 0 radical (unpaired) electrons. The summed E-state index contributed by atoms with van der Waals surface area (Å²) in [5, 5.41) is 0. The van der Waals surface area contributed by atoms with Gasteiger partial charge in [0.1, 0.15) is 0 Å². The highest BCUT2D eigenvalue weighted by Crippen LogP contribution is 2.10. The number of aryl methyl sites for hydroxylation is 1. The molecule has 0 atom stereocenters. The SMILES string of the molecule is Cc1cn(Cc2ccccc2CC(=O)NN)c(=O)[nH]c1=O. The molecule has 0 aliphatic heterocycles. The van der Waals surface area contributed by atoms with E-state index in [4.69, 9.17) is 5.84 Å². The molecule has 0 unspecified atom stereocenters. The van der Waals surface area contributed by atoms with E-state index >= 15 is 0 Å². The van der Waals surface area contributed by atoms with Gasteiger partial charge < -0.3 is 0 Å². The third-order valence-corrected chi connectivity index (χ3v) is 3.16. The third-order valence-electron chi connectivity index (χ3n) is 3.16. The summed E-state index contributed by atoms with van der Waals surface area (Å²) in [4.78, 5) is 36.8. The van der Waals surface area contributed by atoms with E-state index in [1.54, 1.807) is 13.0 Å². The maximum atomic E-state index is 11.8. The molecule has 0 saturated heterocycles. The number of hydrogen-bond acceptors (Lipinski definition) is 4. The molecule has 0 bridgehead atoms. The van der Waals surface area contributed by atoms with E-state index in [0.29, 0.717) is 5.56 Å². The Balaban J connectivity index is 2.36. The quantitative estimate of drug-likeness (QED) is 0.397. The second-order valence-electron chi connectivity index (χ2n) is 4.71. The molecule has 7 heteroatoms. The average Bonchev–Trinajstić information content (AvgIpc) is 2.46. The normalized spacial score (nSPS) is 10.4. The molecular weight excluding hydrogens is 272 g/mol. The number of aromatic amines is 1. The Morgan fingerprint density at radius 2 is 1.95 bits per heavy atom. The molecule has 0 aliphatic carbocycles. The summed E-state index contributed by atoms with van der Waals surface area (Å²) in [7, 11) is 0. The van der Waals surface area contributed by atoms with E-state index in [-0.39, 0.29) is 18.9 Å². The fourth-order valence-corrected chi connectivity index (χ4v) is 2.03. The van der Waals surface area contributed by atoms with Crippen LogP contribution in [0.15, 0.2) is 40.1 Å². The molecule has 1 aromatic heterocycles. The van der Waals surface area contributed by atoms with Crippen LogP contribution in [0.1, 0.15) is 16.7 Å². The van der Waals surface area contributed by atoms with E-state index < -0.39 is 11.2 Å². The number of hydrogen-bond donors (Lipinski definition) is 3. The number of H-pyrrole nitrogens is 1. The first-order chi connectivity index (χ1) is 10.0. The molecule has 1 heterocycles. The van der Waals surface area contributed by atoms with Crippen LogP contribution in [-0.2, 0) is 17.8 Å². The zero-order valence-corrected chi connectivity index (χ0v) is 11.6. The molecule has 0 spiro atoms. The lowest BCUT2D eigenvalue weighted by Gasteiger charge is -2.11. The minimum Gasteiger partial charge on any atom is -0.296 e. The number of hydrazine groups is 1. The summed E-state index contributed by atoms with van der Waals surface area (Å²) in [6.07, 6.45) is 1.63. The van der Waals surface area contributed by atoms with Crippen LogP contribution in [0.2, 0.25) is 0 Å². The molecule has 0 aliphatic rings. The molecule has 4 N–H and O–H groups in total. The van der Waals surface area contributed by atoms with Crippen molar-refractivity contribution in [3.05, 3.63) is 68.0 Å². The van der Waals surface area contributed by atoms with Crippen LogP contribution in [-0.4, -0.2) is 15.5 Å². The molecule has 0 fully saturated rings. The predicted molar refractivity (Wildman–Crippen MR) is 77.6 cm³/mol. The zero-order valence-electron chi connectivity index (χ0n) is 11.6. The number of carbonyl (C=O) groups is 1. The van der Waals surface area contributed by atoms with Gasteiger partial charge in [-0.2, -0.15) is 0 Å². The Morgan fingerprint density at radius 3 is 2.62 bits per heavy atom. The topological polar surface area (TPSA) is 110 Å². The Morgan fingerprint density at radius 1 is 1.29 bits per heavy atom. The van der Waals surface area contributed by atoms with Crippen LogP contribution in [0.3, 0.4) is 0 Å². The van der Waals surface area contributed by atoms with Crippen molar-refractivity contribution in [3.8, 4) is 0 Å². The van der Waals surface area contributed by atoms with Crippen molar-refractivity contribution in [1.82, 2.24) is 15.0 Å². The van der Waals surface area contributed by atoms with Crippen molar-refractivity contribution in [2.75, 3.05) is 0 Å². The second-order valence-corrected chi connectivity index (χ2v) is 4.71. The Kier molecular flexibility index (Phi) is 4.34. The number of aromatic nitrogens is 2. The van der Waals surface area contributed by atoms with Crippen molar-refractivity contribution in [1.29, 1.82) is 0 Å². The average molecular weight is 288 g/mol. The van der Waals surface area contributed by atoms with Gasteiger partial charge >= 0.3 is 5.69 Å². The first kappa shape index (κ1) is 14.7. The van der Waals surface area contributed by atoms with Gasteiger partial charge in [0.2, 0.25) is 5.91 Å². The van der Waals surface area contributed by atoms with Crippen LogP contribution in [0, 0.1) is 6.92 Å².